The zero-order chi connectivity index (χ0) is 73.2. The van der Waals surface area contributed by atoms with E-state index in [-0.39, 0.29) is 90.7 Å². The SMILES string of the molecule is COc1cc2nc(C3CCC(CN4CCC(c5cccc6c5n(C)c(=O)n6C5CCC(=O)NC5=O)CC4C4CC(c5ccc6c(N7CCC(=O)NC7=O)cncc6c5)CCN4CC4CCC(c5nc6ccc(NC(=O)c7cccc(C(F)(F)F)n7)cc6s5)CC4)CC3)sc2cc1NC(=O)c1cncc(Cl)c1. The average Bonchev–Trinajstić information content (AvgIpc) is 1.58. The van der Waals surface area contributed by atoms with Gasteiger partial charge in [-0.15, -0.1) is 22.7 Å². The number of urea groups is 1. The number of aryl methyl sites for hydroxylation is 1. The number of pyridine rings is 3. The van der Waals surface area contributed by atoms with E-state index in [0.717, 1.165) is 162 Å². The number of carbonyl (C=O) groups is 6. The fourth-order valence-corrected chi connectivity index (χ4v) is 20.0. The Hall–Kier alpha value is -9.54. The summed E-state index contributed by atoms with van der Waals surface area (Å²) < 4.78 is 51.4. The number of likely N-dealkylation sites (tertiary alicyclic amines) is 2. The number of nitrogens with one attached hydrogen (secondary N) is 4. The fraction of sp³-hybridized carbons (Fsp3) is 0.410. The van der Waals surface area contributed by atoms with Gasteiger partial charge < -0.3 is 15.4 Å². The molecule has 0 spiro atoms. The molecular weight excluding hydrogens is 1420 g/mol. The van der Waals surface area contributed by atoms with Gasteiger partial charge in [-0.1, -0.05) is 41.9 Å². The van der Waals surface area contributed by atoms with E-state index >= 15 is 0 Å². The molecule has 2 saturated carbocycles. The van der Waals surface area contributed by atoms with Crippen molar-refractivity contribution >= 4 is 129 Å². The third-order valence-electron chi connectivity index (χ3n) is 22.9. The summed E-state index contributed by atoms with van der Waals surface area (Å²) in [5.41, 5.74) is 5.50. The fourth-order valence-electron chi connectivity index (χ4n) is 17.5. The number of aromatic nitrogens is 7. The molecule has 2 aliphatic carbocycles. The smallest absolute Gasteiger partial charge is 0.433 e. The number of piperidine rings is 3. The number of imide groups is 2. The minimum Gasteiger partial charge on any atom is -0.494 e. The molecule has 4 N–H and O–H groups in total. The maximum atomic E-state index is 14.5. The third-order valence-corrected chi connectivity index (χ3v) is 25.5. The van der Waals surface area contributed by atoms with Crippen LogP contribution in [0.4, 0.5) is 35.0 Å². The van der Waals surface area contributed by atoms with Crippen molar-refractivity contribution < 1.29 is 46.7 Å². The van der Waals surface area contributed by atoms with Crippen LogP contribution in [-0.4, -0.2) is 131 Å². The first-order valence-corrected chi connectivity index (χ1v) is 38.4. The number of thiazole rings is 2. The highest BCUT2D eigenvalue weighted by molar-refractivity contribution is 7.19. The van der Waals surface area contributed by atoms with E-state index in [9.17, 15) is 46.7 Å². The number of hydrogen-bond donors (Lipinski definition) is 4. The van der Waals surface area contributed by atoms with Crippen molar-refractivity contribution in [2.75, 3.05) is 55.4 Å². The van der Waals surface area contributed by atoms with Gasteiger partial charge in [-0.2, -0.15) is 13.2 Å². The van der Waals surface area contributed by atoms with Crippen molar-refractivity contribution in [2.45, 2.75) is 144 Å². The van der Waals surface area contributed by atoms with Crippen LogP contribution < -0.4 is 36.6 Å². The van der Waals surface area contributed by atoms with Crippen molar-refractivity contribution in [3.63, 3.8) is 0 Å². The molecule has 106 heavy (non-hydrogen) atoms. The lowest BCUT2D eigenvalue weighted by atomic mass is 9.74. The van der Waals surface area contributed by atoms with Crippen LogP contribution in [0.5, 0.6) is 5.75 Å². The van der Waals surface area contributed by atoms with Crippen LogP contribution >= 0.6 is 34.3 Å². The first-order valence-electron chi connectivity index (χ1n) is 36.4. The number of ether oxygens (including phenoxy) is 1. The molecule has 10 aromatic rings. The van der Waals surface area contributed by atoms with Crippen LogP contribution in [0.15, 0.2) is 121 Å². The van der Waals surface area contributed by atoms with E-state index in [4.69, 9.17) is 26.3 Å². The van der Waals surface area contributed by atoms with Gasteiger partial charge in [-0.3, -0.25) is 68.4 Å². The molecule has 16 rings (SSSR count). The van der Waals surface area contributed by atoms with E-state index in [1.165, 1.54) is 30.1 Å². The van der Waals surface area contributed by atoms with Crippen LogP contribution in [0.2, 0.25) is 5.02 Å². The number of benzene rings is 4. The Kier molecular flexibility index (Phi) is 19.6. The summed E-state index contributed by atoms with van der Waals surface area (Å²) in [7, 11) is 3.36. The second-order valence-corrected chi connectivity index (χ2v) is 31.9. The first-order chi connectivity index (χ1) is 51.2. The van der Waals surface area contributed by atoms with E-state index < -0.39 is 35.8 Å². The number of alkyl halides is 3. The van der Waals surface area contributed by atoms with Gasteiger partial charge in [0.15, 0.2) is 0 Å². The molecule has 28 heteroatoms. The van der Waals surface area contributed by atoms with Crippen molar-refractivity contribution in [3.8, 4) is 5.75 Å². The van der Waals surface area contributed by atoms with Crippen molar-refractivity contribution in [3.05, 3.63) is 169 Å². The van der Waals surface area contributed by atoms with Crippen molar-refractivity contribution in [1.82, 2.24) is 54.5 Å². The molecule has 4 aliphatic heterocycles. The number of nitrogens with zero attached hydrogens (tertiary/aromatic N) is 10. The summed E-state index contributed by atoms with van der Waals surface area (Å²) >= 11 is 9.43. The Morgan fingerprint density at radius 3 is 2.03 bits per heavy atom. The van der Waals surface area contributed by atoms with Gasteiger partial charge in [0.2, 0.25) is 17.7 Å². The molecule has 4 saturated heterocycles. The average molecular weight is 1500 g/mol. The Labute approximate surface area is 620 Å². The Balaban J connectivity index is 0.690. The topological polar surface area (TPSA) is 261 Å². The normalized spacial score (nSPS) is 23.7. The number of methoxy groups -OCH3 is 1. The molecule has 4 aromatic carbocycles. The van der Waals surface area contributed by atoms with Gasteiger partial charge in [0, 0.05) is 105 Å². The Morgan fingerprint density at radius 1 is 0.651 bits per heavy atom. The molecule has 0 bridgehead atoms. The highest BCUT2D eigenvalue weighted by atomic mass is 35.5. The number of fused-ring (bicyclic) bond motifs is 4. The molecule has 6 aliphatic rings. The molecule has 22 nitrogen and oxygen atoms in total. The van der Waals surface area contributed by atoms with Gasteiger partial charge in [-0.05, 0) is 186 Å². The number of carbonyl (C=O) groups excluding carboxylic acids is 6. The zero-order valence-electron chi connectivity index (χ0n) is 58.4. The lowest BCUT2D eigenvalue weighted by Gasteiger charge is -2.52. The van der Waals surface area contributed by atoms with E-state index in [0.29, 0.717) is 50.8 Å². The maximum absolute atomic E-state index is 14.5. The minimum absolute atomic E-state index is 0.0443. The zero-order valence-corrected chi connectivity index (χ0v) is 60.8. The highest BCUT2D eigenvalue weighted by Crippen LogP contribution is 2.48. The summed E-state index contributed by atoms with van der Waals surface area (Å²) in [5.74, 6) is -0.264. The van der Waals surface area contributed by atoms with Crippen LogP contribution in [0.25, 0.3) is 42.2 Å². The van der Waals surface area contributed by atoms with E-state index in [1.54, 1.807) is 69.2 Å². The predicted octanol–water partition coefficient (Wildman–Crippen LogP) is 14.3. The van der Waals surface area contributed by atoms with Crippen LogP contribution in [-0.2, 0) is 27.6 Å². The number of rotatable bonds is 16. The second kappa shape index (κ2) is 29.3. The second-order valence-electron chi connectivity index (χ2n) is 29.3. The summed E-state index contributed by atoms with van der Waals surface area (Å²) in [6, 6.07) is 25.5. The summed E-state index contributed by atoms with van der Waals surface area (Å²) in [5, 5.41) is 14.9. The number of imidazole rings is 1. The summed E-state index contributed by atoms with van der Waals surface area (Å²) in [6.07, 6.45) is 13.6. The lowest BCUT2D eigenvalue weighted by molar-refractivity contribution is -0.141. The predicted molar refractivity (Wildman–Crippen MR) is 400 cm³/mol. The highest BCUT2D eigenvalue weighted by Gasteiger charge is 2.44. The number of halogens is 4. The molecule has 0 radical (unpaired) electrons. The molecule has 548 valence electrons. The number of hydrogen-bond acceptors (Lipinski definition) is 17. The lowest BCUT2D eigenvalue weighted by Crippen LogP contribution is -2.58. The third kappa shape index (κ3) is 14.3. The largest absolute Gasteiger partial charge is 0.494 e. The van der Waals surface area contributed by atoms with Gasteiger partial charge in [0.25, 0.3) is 11.8 Å². The van der Waals surface area contributed by atoms with Crippen LogP contribution in [0.1, 0.15) is 174 Å². The number of amides is 7. The molecule has 6 aromatic heterocycles. The standard InChI is InChI=1S/C78H78ClF3N14O8S2/c1-92-70-54(5-3-7-59(70)96(77(92)103)60-21-22-68(97)90-73(60)101)48-24-27-94(41-43-11-15-45(16-12-43)75-89-58-34-64(104-2)57(35-66(58)106-75)87-71(99)50-30-51(79)38-83-37-50)62(32-48)61-31-47(46-17-19-53-49(29-46)36-84-39-63(53)95-28-25-69(98)91-76(95)102)23-26-93(61)40-42-9-13-44(14-10-42)74-88-55-20-18-52(33-65(55)105-74)85-72(100)56-6-4-8-67(86-56)78(80,81)82/h3-8,17-20,29-30,33-39,42-45,47-48,60-62H,9-16,21-28,31-32,40-41H2,1-2H3,(H,85,100)(H,87,99)(H,90,97,101)(H,91,98,102). The van der Waals surface area contributed by atoms with Gasteiger partial charge >= 0.3 is 17.9 Å². The quantitative estimate of drug-likeness (QED) is 0.0656. The van der Waals surface area contributed by atoms with Crippen LogP contribution in [0.3, 0.4) is 0 Å². The van der Waals surface area contributed by atoms with Gasteiger partial charge in [-0.25, -0.2) is 24.5 Å². The van der Waals surface area contributed by atoms with Crippen molar-refractivity contribution in [2.24, 2.45) is 18.9 Å². The number of para-hydroxylation sites is 1. The molecule has 7 amide bonds. The first kappa shape index (κ1) is 70.8. The molecular formula is C78H78ClF3N14O8S2. The summed E-state index contributed by atoms with van der Waals surface area (Å²) in [4.78, 5) is 122. The monoisotopic (exact) mass is 1490 g/mol. The Bertz CT molecular complexity index is 5200. The van der Waals surface area contributed by atoms with E-state index in [2.05, 4.69) is 70.3 Å². The van der Waals surface area contributed by atoms with Crippen molar-refractivity contribution in [1.29, 1.82) is 0 Å². The number of anilines is 3. The van der Waals surface area contributed by atoms with Gasteiger partial charge in [0.1, 0.15) is 23.2 Å². The summed E-state index contributed by atoms with van der Waals surface area (Å²) in [6.45, 7) is 3.74. The van der Waals surface area contributed by atoms with Crippen LogP contribution in [0, 0.1) is 11.8 Å². The molecule has 5 unspecified atom stereocenters. The maximum Gasteiger partial charge on any atom is 0.433 e. The molecule has 6 fully saturated rings. The van der Waals surface area contributed by atoms with E-state index in [1.807, 2.05) is 42.6 Å². The molecule has 5 atom stereocenters. The Morgan fingerprint density at radius 2 is 1.33 bits per heavy atom. The minimum atomic E-state index is -4.69. The van der Waals surface area contributed by atoms with Gasteiger partial charge in [0.05, 0.1) is 76.7 Å². The molecule has 10 heterocycles.